The van der Waals surface area contributed by atoms with Gasteiger partial charge in [0, 0.05) is 12.4 Å². The standard InChI is InChI=1S/C17H16N2O2/c1-19-15-6-4-3-5-14(15)17(20)16(19)11-18-12-7-9-13(21-2)10-8-12/h3-11,20H,1-2H3. The van der Waals surface area contributed by atoms with Gasteiger partial charge in [0.25, 0.3) is 0 Å². The average molecular weight is 280 g/mol. The first-order valence-electron chi connectivity index (χ1n) is 6.65. The predicted octanol–water partition coefficient (Wildman–Crippen LogP) is 3.64. The molecule has 0 unspecified atom stereocenters. The second-order valence-corrected chi connectivity index (χ2v) is 4.77. The number of rotatable bonds is 3. The van der Waals surface area contributed by atoms with Gasteiger partial charge in [0.05, 0.1) is 24.5 Å². The molecule has 0 aliphatic rings. The van der Waals surface area contributed by atoms with E-state index in [2.05, 4.69) is 4.99 Å². The number of aryl methyl sites for hydroxylation is 1. The molecule has 0 aliphatic heterocycles. The van der Waals surface area contributed by atoms with Gasteiger partial charge in [-0.15, -0.1) is 0 Å². The first-order valence-corrected chi connectivity index (χ1v) is 6.65. The Morgan fingerprint density at radius 3 is 2.48 bits per heavy atom. The van der Waals surface area contributed by atoms with Gasteiger partial charge in [-0.2, -0.15) is 0 Å². The van der Waals surface area contributed by atoms with Gasteiger partial charge in [-0.25, -0.2) is 0 Å². The third-order valence-electron chi connectivity index (χ3n) is 3.53. The first kappa shape index (κ1) is 13.2. The number of para-hydroxylation sites is 1. The molecule has 1 heterocycles. The van der Waals surface area contributed by atoms with Crippen LogP contribution in [0, 0.1) is 0 Å². The van der Waals surface area contributed by atoms with E-state index in [0.29, 0.717) is 5.69 Å². The van der Waals surface area contributed by atoms with Crippen LogP contribution in [0.15, 0.2) is 53.5 Å². The molecule has 0 radical (unpaired) electrons. The number of aromatic hydroxyl groups is 1. The molecule has 0 saturated carbocycles. The third kappa shape index (κ3) is 2.36. The Bertz CT molecular complexity index is 763. The molecular formula is C17H16N2O2. The van der Waals surface area contributed by atoms with Crippen molar-refractivity contribution in [3.8, 4) is 11.5 Å². The summed E-state index contributed by atoms with van der Waals surface area (Å²) in [4.78, 5) is 4.41. The fourth-order valence-electron chi connectivity index (χ4n) is 2.34. The quantitative estimate of drug-likeness (QED) is 0.744. The van der Waals surface area contributed by atoms with E-state index in [0.717, 1.165) is 22.3 Å². The zero-order chi connectivity index (χ0) is 14.8. The molecule has 0 aliphatic carbocycles. The number of hydrogen-bond acceptors (Lipinski definition) is 3. The summed E-state index contributed by atoms with van der Waals surface area (Å²) in [5.74, 6) is 1.05. The SMILES string of the molecule is COc1ccc(N=Cc2c(O)c3ccccc3n2C)cc1. The number of aromatic nitrogens is 1. The molecule has 4 nitrogen and oxygen atoms in total. The predicted molar refractivity (Wildman–Crippen MR) is 84.8 cm³/mol. The van der Waals surface area contributed by atoms with Crippen molar-refractivity contribution in [3.63, 3.8) is 0 Å². The lowest BCUT2D eigenvalue weighted by atomic mass is 10.2. The number of hydrogen-bond donors (Lipinski definition) is 1. The van der Waals surface area contributed by atoms with E-state index in [-0.39, 0.29) is 5.75 Å². The second-order valence-electron chi connectivity index (χ2n) is 4.77. The van der Waals surface area contributed by atoms with Crippen molar-refractivity contribution >= 4 is 22.8 Å². The maximum Gasteiger partial charge on any atom is 0.150 e. The molecule has 21 heavy (non-hydrogen) atoms. The average Bonchev–Trinajstić information content (AvgIpc) is 2.78. The van der Waals surface area contributed by atoms with E-state index < -0.39 is 0 Å². The zero-order valence-electron chi connectivity index (χ0n) is 11.9. The molecule has 0 bridgehead atoms. The topological polar surface area (TPSA) is 46.8 Å². The Labute approximate surface area is 122 Å². The number of aliphatic imine (C=N–C) groups is 1. The van der Waals surface area contributed by atoms with Gasteiger partial charge in [-0.05, 0) is 36.4 Å². The maximum atomic E-state index is 10.3. The second kappa shape index (κ2) is 5.32. The Kier molecular flexibility index (Phi) is 3.36. The Morgan fingerprint density at radius 2 is 1.81 bits per heavy atom. The normalized spacial score (nSPS) is 11.3. The third-order valence-corrected chi connectivity index (χ3v) is 3.53. The van der Waals surface area contributed by atoms with Crippen molar-refractivity contribution in [2.45, 2.75) is 0 Å². The lowest BCUT2D eigenvalue weighted by Gasteiger charge is -2.00. The van der Waals surface area contributed by atoms with Gasteiger partial charge in [-0.1, -0.05) is 12.1 Å². The van der Waals surface area contributed by atoms with E-state index in [4.69, 9.17) is 4.74 Å². The Morgan fingerprint density at radius 1 is 1.10 bits per heavy atom. The molecule has 0 atom stereocenters. The van der Waals surface area contributed by atoms with Gasteiger partial charge < -0.3 is 14.4 Å². The van der Waals surface area contributed by atoms with Crippen LogP contribution in [-0.4, -0.2) is 23.0 Å². The van der Waals surface area contributed by atoms with Crippen molar-refractivity contribution in [3.05, 3.63) is 54.2 Å². The van der Waals surface area contributed by atoms with Gasteiger partial charge >= 0.3 is 0 Å². The van der Waals surface area contributed by atoms with Gasteiger partial charge in [0.2, 0.25) is 0 Å². The van der Waals surface area contributed by atoms with Crippen molar-refractivity contribution in [2.75, 3.05) is 7.11 Å². The van der Waals surface area contributed by atoms with Crippen LogP contribution in [-0.2, 0) is 7.05 Å². The molecule has 3 rings (SSSR count). The van der Waals surface area contributed by atoms with E-state index in [9.17, 15) is 5.11 Å². The molecule has 3 aromatic rings. The van der Waals surface area contributed by atoms with Crippen LogP contribution in [0.1, 0.15) is 5.69 Å². The van der Waals surface area contributed by atoms with Crippen molar-refractivity contribution in [2.24, 2.45) is 12.0 Å². The fraction of sp³-hybridized carbons (Fsp3) is 0.118. The van der Waals surface area contributed by atoms with Crippen LogP contribution in [0.5, 0.6) is 11.5 Å². The summed E-state index contributed by atoms with van der Waals surface area (Å²) >= 11 is 0. The molecule has 2 aromatic carbocycles. The van der Waals surface area contributed by atoms with Crippen molar-refractivity contribution in [1.82, 2.24) is 4.57 Å². The molecule has 4 heteroatoms. The summed E-state index contributed by atoms with van der Waals surface area (Å²) in [7, 11) is 3.54. The minimum atomic E-state index is 0.255. The molecule has 1 N–H and O–H groups in total. The smallest absolute Gasteiger partial charge is 0.150 e. The fourth-order valence-corrected chi connectivity index (χ4v) is 2.34. The highest BCUT2D eigenvalue weighted by molar-refractivity contribution is 5.97. The molecular weight excluding hydrogens is 264 g/mol. The van der Waals surface area contributed by atoms with Crippen molar-refractivity contribution in [1.29, 1.82) is 0 Å². The van der Waals surface area contributed by atoms with Crippen molar-refractivity contribution < 1.29 is 9.84 Å². The lowest BCUT2D eigenvalue weighted by molar-refractivity contribution is 0.415. The first-order chi connectivity index (χ1) is 10.2. The molecule has 0 saturated heterocycles. The van der Waals surface area contributed by atoms with E-state index in [1.165, 1.54) is 0 Å². The molecule has 0 fully saturated rings. The lowest BCUT2D eigenvalue weighted by Crippen LogP contribution is -1.94. The van der Waals surface area contributed by atoms with Gasteiger partial charge in [0.15, 0.2) is 0 Å². The van der Waals surface area contributed by atoms with Crippen LogP contribution in [0.3, 0.4) is 0 Å². The monoisotopic (exact) mass is 280 g/mol. The van der Waals surface area contributed by atoms with E-state index >= 15 is 0 Å². The highest BCUT2D eigenvalue weighted by Gasteiger charge is 2.11. The molecule has 1 aromatic heterocycles. The van der Waals surface area contributed by atoms with Crippen LogP contribution in [0.25, 0.3) is 10.9 Å². The highest BCUT2D eigenvalue weighted by atomic mass is 16.5. The largest absolute Gasteiger partial charge is 0.505 e. The molecule has 106 valence electrons. The van der Waals surface area contributed by atoms with Gasteiger partial charge in [0.1, 0.15) is 17.2 Å². The number of ether oxygens (including phenoxy) is 1. The Balaban J connectivity index is 1.99. The number of benzene rings is 2. The van der Waals surface area contributed by atoms with Crippen LogP contribution >= 0.6 is 0 Å². The summed E-state index contributed by atoms with van der Waals surface area (Å²) in [6.07, 6.45) is 1.68. The summed E-state index contributed by atoms with van der Waals surface area (Å²) in [5, 5.41) is 11.1. The minimum Gasteiger partial charge on any atom is -0.505 e. The molecule has 0 spiro atoms. The summed E-state index contributed by atoms with van der Waals surface area (Å²) in [6.45, 7) is 0. The van der Waals surface area contributed by atoms with Crippen LogP contribution in [0.4, 0.5) is 5.69 Å². The van der Waals surface area contributed by atoms with Crippen LogP contribution < -0.4 is 4.74 Å². The van der Waals surface area contributed by atoms with Crippen LogP contribution in [0.2, 0.25) is 0 Å². The minimum absolute atomic E-state index is 0.255. The summed E-state index contributed by atoms with van der Waals surface area (Å²) in [6, 6.07) is 15.2. The molecule has 0 amide bonds. The summed E-state index contributed by atoms with van der Waals surface area (Å²) in [5.41, 5.74) is 2.47. The Hall–Kier alpha value is -2.75. The maximum absolute atomic E-state index is 10.3. The van der Waals surface area contributed by atoms with E-state index in [1.54, 1.807) is 13.3 Å². The number of methoxy groups -OCH3 is 1. The zero-order valence-corrected chi connectivity index (χ0v) is 11.9. The van der Waals surface area contributed by atoms with E-state index in [1.807, 2.05) is 60.1 Å². The number of fused-ring (bicyclic) bond motifs is 1. The number of nitrogens with zero attached hydrogens (tertiary/aromatic N) is 2. The highest BCUT2D eigenvalue weighted by Crippen LogP contribution is 2.30. The van der Waals surface area contributed by atoms with Gasteiger partial charge in [-0.3, -0.25) is 4.99 Å². The summed E-state index contributed by atoms with van der Waals surface area (Å²) < 4.78 is 7.04.